The number of hydrogen-bond acceptors (Lipinski definition) is 4. The number of rotatable bonds is 2. The van der Waals surface area contributed by atoms with Crippen LogP contribution in [0.2, 0.25) is 0 Å². The molecule has 0 bridgehead atoms. The minimum absolute atomic E-state index is 0.0772. The normalized spacial score (nSPS) is 21.2. The number of carbonyl (C=O) groups excluding carboxylic acids is 2. The van der Waals surface area contributed by atoms with Crippen molar-refractivity contribution in [1.29, 1.82) is 0 Å². The summed E-state index contributed by atoms with van der Waals surface area (Å²) in [7, 11) is 0. The molecule has 5 rings (SSSR count). The molecule has 1 saturated carbocycles. The van der Waals surface area contributed by atoms with Crippen LogP contribution in [0.1, 0.15) is 76.7 Å². The Kier molecular flexibility index (Phi) is 4.37. The van der Waals surface area contributed by atoms with Crippen LogP contribution in [0.4, 0.5) is 13.2 Å². The molecule has 1 atom stereocenters. The minimum Gasteiger partial charge on any atom is -0.458 e. The van der Waals surface area contributed by atoms with Crippen LogP contribution in [0.3, 0.4) is 0 Å². The summed E-state index contributed by atoms with van der Waals surface area (Å²) < 4.78 is 48.0. The maximum Gasteiger partial charge on any atom is 0.417 e. The van der Waals surface area contributed by atoms with E-state index in [1.54, 1.807) is 0 Å². The second kappa shape index (κ2) is 6.85. The average Bonchev–Trinajstić information content (AvgIpc) is 3.08. The first-order valence-electron chi connectivity index (χ1n) is 10.2. The Bertz CT molecular complexity index is 1020. The van der Waals surface area contributed by atoms with E-state index in [0.29, 0.717) is 18.7 Å². The van der Waals surface area contributed by atoms with Gasteiger partial charge in [0.25, 0.3) is 5.91 Å². The molecular weight excluding hydrogens is 399 g/mol. The van der Waals surface area contributed by atoms with Gasteiger partial charge in [-0.15, -0.1) is 0 Å². The highest BCUT2D eigenvalue weighted by Crippen LogP contribution is 2.44. The fourth-order valence-corrected chi connectivity index (χ4v) is 4.68. The summed E-state index contributed by atoms with van der Waals surface area (Å²) in [6, 6.07) is 3.13. The summed E-state index contributed by atoms with van der Waals surface area (Å²) in [4.78, 5) is 31.5. The van der Waals surface area contributed by atoms with Crippen LogP contribution in [-0.2, 0) is 10.9 Å². The zero-order valence-corrected chi connectivity index (χ0v) is 16.1. The van der Waals surface area contributed by atoms with Crippen molar-refractivity contribution in [2.45, 2.75) is 56.8 Å². The second-order valence-corrected chi connectivity index (χ2v) is 8.01. The van der Waals surface area contributed by atoms with Gasteiger partial charge in [-0.05, 0) is 44.2 Å². The molecule has 1 aromatic carbocycles. The summed E-state index contributed by atoms with van der Waals surface area (Å²) in [5.41, 5.74) is -0.799. The first-order valence-corrected chi connectivity index (χ1v) is 10.2. The molecule has 2 fully saturated rings. The summed E-state index contributed by atoms with van der Waals surface area (Å²) in [5, 5.41) is 0. The SMILES string of the molecule is O=C(OC1CCCCC1)c1ncn2c1[C@@H]1CCN1C(=O)c1c-2cccc1C(F)(F)F. The molecule has 3 heterocycles. The number of esters is 1. The first-order chi connectivity index (χ1) is 14.4. The molecule has 2 aliphatic heterocycles. The van der Waals surface area contributed by atoms with Crippen LogP contribution >= 0.6 is 0 Å². The van der Waals surface area contributed by atoms with Gasteiger partial charge in [-0.1, -0.05) is 12.5 Å². The van der Waals surface area contributed by atoms with Crippen LogP contribution in [0.25, 0.3) is 5.69 Å². The van der Waals surface area contributed by atoms with Gasteiger partial charge in [0.05, 0.1) is 28.6 Å². The zero-order chi connectivity index (χ0) is 21.0. The average molecular weight is 419 g/mol. The molecular formula is C21H20F3N3O3. The smallest absolute Gasteiger partial charge is 0.417 e. The molecule has 3 aliphatic rings. The zero-order valence-electron chi connectivity index (χ0n) is 16.1. The Balaban J connectivity index is 1.60. The Hall–Kier alpha value is -2.84. The lowest BCUT2D eigenvalue weighted by Crippen LogP contribution is -2.45. The van der Waals surface area contributed by atoms with Crippen LogP contribution in [0.15, 0.2) is 24.5 Å². The van der Waals surface area contributed by atoms with Gasteiger partial charge in [0, 0.05) is 6.54 Å². The third-order valence-electron chi connectivity index (χ3n) is 6.24. The number of nitrogens with zero attached hydrogens (tertiary/aromatic N) is 3. The van der Waals surface area contributed by atoms with Gasteiger partial charge >= 0.3 is 12.1 Å². The van der Waals surface area contributed by atoms with E-state index in [2.05, 4.69) is 4.98 Å². The lowest BCUT2D eigenvalue weighted by Gasteiger charge is -2.40. The number of imidazole rings is 1. The third kappa shape index (κ3) is 2.90. The van der Waals surface area contributed by atoms with Crippen molar-refractivity contribution in [2.75, 3.05) is 6.54 Å². The van der Waals surface area contributed by atoms with Crippen molar-refractivity contribution in [3.63, 3.8) is 0 Å². The van der Waals surface area contributed by atoms with Crippen LogP contribution in [0, 0.1) is 0 Å². The Morgan fingerprint density at radius 1 is 1.13 bits per heavy atom. The van der Waals surface area contributed by atoms with Crippen molar-refractivity contribution < 1.29 is 27.5 Å². The Morgan fingerprint density at radius 3 is 2.57 bits per heavy atom. The Morgan fingerprint density at radius 2 is 1.90 bits per heavy atom. The van der Waals surface area contributed by atoms with E-state index in [-0.39, 0.29) is 17.5 Å². The lowest BCUT2D eigenvalue weighted by atomic mass is 9.96. The van der Waals surface area contributed by atoms with E-state index < -0.39 is 35.2 Å². The van der Waals surface area contributed by atoms with Crippen molar-refractivity contribution in [2.24, 2.45) is 0 Å². The van der Waals surface area contributed by atoms with E-state index in [0.717, 1.165) is 38.2 Å². The van der Waals surface area contributed by atoms with Gasteiger partial charge < -0.3 is 9.64 Å². The van der Waals surface area contributed by atoms with Gasteiger partial charge in [-0.25, -0.2) is 9.78 Å². The van der Waals surface area contributed by atoms with Crippen LogP contribution < -0.4 is 0 Å². The van der Waals surface area contributed by atoms with Gasteiger partial charge in [-0.3, -0.25) is 9.36 Å². The predicted molar refractivity (Wildman–Crippen MR) is 99.2 cm³/mol. The maximum absolute atomic E-state index is 13.6. The number of halogens is 3. The number of alkyl halides is 3. The molecule has 0 N–H and O–H groups in total. The molecule has 9 heteroatoms. The lowest BCUT2D eigenvalue weighted by molar-refractivity contribution is -0.138. The number of amides is 1. The molecule has 1 amide bonds. The number of hydrogen-bond donors (Lipinski definition) is 0. The van der Waals surface area contributed by atoms with Gasteiger partial charge in [0.15, 0.2) is 5.69 Å². The van der Waals surface area contributed by atoms with Crippen LogP contribution in [-0.4, -0.2) is 39.0 Å². The molecule has 158 valence electrons. The summed E-state index contributed by atoms with van der Waals surface area (Å²) in [6.45, 7) is 0.331. The number of ether oxygens (including phenoxy) is 1. The molecule has 1 saturated heterocycles. The fraction of sp³-hybridized carbons (Fsp3) is 0.476. The fourth-order valence-electron chi connectivity index (χ4n) is 4.68. The van der Waals surface area contributed by atoms with E-state index in [9.17, 15) is 22.8 Å². The maximum atomic E-state index is 13.6. The highest BCUT2D eigenvalue weighted by Gasteiger charge is 2.46. The number of aromatic nitrogens is 2. The van der Waals surface area contributed by atoms with Gasteiger partial charge in [-0.2, -0.15) is 13.2 Å². The highest BCUT2D eigenvalue weighted by molar-refractivity contribution is 6.01. The van der Waals surface area contributed by atoms with Gasteiger partial charge in [0.1, 0.15) is 12.4 Å². The molecule has 2 aromatic rings. The first kappa shape index (κ1) is 19.1. The van der Waals surface area contributed by atoms with E-state index in [1.165, 1.54) is 27.9 Å². The quantitative estimate of drug-likeness (QED) is 0.682. The molecule has 1 aromatic heterocycles. The predicted octanol–water partition coefficient (Wildman–Crippen LogP) is 4.28. The van der Waals surface area contributed by atoms with E-state index >= 15 is 0 Å². The molecule has 0 unspecified atom stereocenters. The third-order valence-corrected chi connectivity index (χ3v) is 6.24. The molecule has 30 heavy (non-hydrogen) atoms. The van der Waals surface area contributed by atoms with Crippen molar-refractivity contribution in [3.05, 3.63) is 47.0 Å². The second-order valence-electron chi connectivity index (χ2n) is 8.01. The van der Waals surface area contributed by atoms with Crippen LogP contribution in [0.5, 0.6) is 0 Å². The van der Waals surface area contributed by atoms with E-state index in [1.807, 2.05) is 0 Å². The highest BCUT2D eigenvalue weighted by atomic mass is 19.4. The molecule has 6 nitrogen and oxygen atoms in total. The van der Waals surface area contributed by atoms with Crippen molar-refractivity contribution in [3.8, 4) is 5.69 Å². The summed E-state index contributed by atoms with van der Waals surface area (Å²) in [6.07, 6.45) is 1.74. The van der Waals surface area contributed by atoms with Crippen molar-refractivity contribution >= 4 is 11.9 Å². The summed E-state index contributed by atoms with van der Waals surface area (Å²) in [5.74, 6) is -1.25. The monoisotopic (exact) mass is 419 g/mol. The minimum atomic E-state index is -4.67. The molecule has 0 spiro atoms. The Labute approximate surface area is 170 Å². The molecule has 0 radical (unpaired) electrons. The number of carbonyl (C=O) groups is 2. The van der Waals surface area contributed by atoms with E-state index in [4.69, 9.17) is 4.74 Å². The van der Waals surface area contributed by atoms with Crippen molar-refractivity contribution in [1.82, 2.24) is 14.5 Å². The number of benzene rings is 1. The summed E-state index contributed by atoms with van der Waals surface area (Å²) >= 11 is 0. The largest absolute Gasteiger partial charge is 0.458 e. The number of fused-ring (bicyclic) bond motifs is 5. The standard InChI is InChI=1S/C21H20F3N3O3/c22-21(23,24)13-7-4-8-14-16(13)19(28)26-10-9-15(26)18-17(25-11-27(14)18)20(29)30-12-5-2-1-3-6-12/h4,7-8,11-12,15H,1-3,5-6,9-10H2/t15-/m0/s1. The van der Waals surface area contributed by atoms with Gasteiger partial charge in [0.2, 0.25) is 0 Å². The molecule has 1 aliphatic carbocycles. The topological polar surface area (TPSA) is 64.4 Å².